The first-order valence-corrected chi connectivity index (χ1v) is 12.3. The first-order valence-electron chi connectivity index (χ1n) is 12.3. The van der Waals surface area contributed by atoms with Crippen LogP contribution in [0.5, 0.6) is 5.75 Å². The molecule has 1 aromatic carbocycles. The van der Waals surface area contributed by atoms with Gasteiger partial charge in [0.1, 0.15) is 42.6 Å². The Morgan fingerprint density at radius 2 is 1.97 bits per heavy atom. The zero-order chi connectivity index (χ0) is 25.7. The minimum atomic E-state index is -0.739. The highest BCUT2D eigenvalue weighted by Crippen LogP contribution is 2.44. The molecule has 37 heavy (non-hydrogen) atoms. The molecule has 4 aromatic rings. The van der Waals surface area contributed by atoms with Crippen LogP contribution in [0.15, 0.2) is 54.0 Å². The molecule has 2 aliphatic heterocycles. The monoisotopic (exact) mass is 502 g/mol. The minimum Gasteiger partial charge on any atom is -0.490 e. The van der Waals surface area contributed by atoms with Crippen LogP contribution in [0.4, 0.5) is 5.82 Å². The molecule has 0 spiro atoms. The lowest BCUT2D eigenvalue weighted by molar-refractivity contribution is -0.198. The van der Waals surface area contributed by atoms with Gasteiger partial charge < -0.3 is 28.4 Å². The van der Waals surface area contributed by atoms with E-state index in [0.717, 1.165) is 33.2 Å². The van der Waals surface area contributed by atoms with E-state index in [1.54, 1.807) is 12.5 Å². The molecule has 2 aliphatic rings. The predicted octanol–water partition coefficient (Wildman–Crippen LogP) is 4.01. The Labute approximate surface area is 214 Å². The van der Waals surface area contributed by atoms with E-state index < -0.39 is 12.0 Å². The molecular formula is C27H30N6O4. The molecule has 10 heteroatoms. The van der Waals surface area contributed by atoms with Crippen molar-refractivity contribution < 1.29 is 18.9 Å². The second kappa shape index (κ2) is 9.05. The number of fused-ring (bicyclic) bond motifs is 3. The van der Waals surface area contributed by atoms with Crippen LogP contribution >= 0.6 is 0 Å². The molecule has 10 nitrogen and oxygen atoms in total. The van der Waals surface area contributed by atoms with Gasteiger partial charge in [0.15, 0.2) is 17.8 Å². The zero-order valence-electron chi connectivity index (χ0n) is 21.5. The van der Waals surface area contributed by atoms with Crippen LogP contribution in [0.1, 0.15) is 25.6 Å². The SMILES string of the molecule is Cc1cc2cccnc2cc1OC[C@H]1O[C@@H](n2ccc3c(/N=C/N(C)C)ncnc32)[C@@H]2OC(C)(C)O[C@@H]21. The molecule has 0 aliphatic carbocycles. The molecule has 3 aromatic heterocycles. The number of rotatable bonds is 6. The predicted molar refractivity (Wildman–Crippen MR) is 139 cm³/mol. The molecule has 192 valence electrons. The quantitative estimate of drug-likeness (QED) is 0.288. The normalized spacial score (nSPS) is 24.8. The fourth-order valence-corrected chi connectivity index (χ4v) is 5.00. The third-order valence-corrected chi connectivity index (χ3v) is 6.60. The molecule has 0 radical (unpaired) electrons. The maximum Gasteiger partial charge on any atom is 0.166 e. The molecule has 4 atom stereocenters. The van der Waals surface area contributed by atoms with Crippen LogP contribution in [-0.4, -0.2) is 75.6 Å². The number of aliphatic imine (C=N–C) groups is 1. The fourth-order valence-electron chi connectivity index (χ4n) is 5.00. The Morgan fingerprint density at radius 1 is 1.14 bits per heavy atom. The van der Waals surface area contributed by atoms with Gasteiger partial charge in [-0.3, -0.25) is 4.98 Å². The first kappa shape index (κ1) is 23.8. The van der Waals surface area contributed by atoms with Gasteiger partial charge >= 0.3 is 0 Å². The van der Waals surface area contributed by atoms with E-state index in [9.17, 15) is 0 Å². The highest BCUT2D eigenvalue weighted by Gasteiger charge is 2.56. The van der Waals surface area contributed by atoms with Crippen LogP contribution in [-0.2, 0) is 14.2 Å². The largest absolute Gasteiger partial charge is 0.490 e. The second-order valence-corrected chi connectivity index (χ2v) is 10.1. The zero-order valence-corrected chi connectivity index (χ0v) is 21.5. The Bertz CT molecular complexity index is 1480. The summed E-state index contributed by atoms with van der Waals surface area (Å²) in [6.07, 6.45) is 5.53. The summed E-state index contributed by atoms with van der Waals surface area (Å²) in [4.78, 5) is 19.7. The van der Waals surface area contributed by atoms with Crippen molar-refractivity contribution in [3.05, 3.63) is 54.6 Å². The van der Waals surface area contributed by atoms with E-state index in [2.05, 4.69) is 26.0 Å². The summed E-state index contributed by atoms with van der Waals surface area (Å²) >= 11 is 0. The number of hydrogen-bond donors (Lipinski definition) is 0. The van der Waals surface area contributed by atoms with Gasteiger partial charge in [0.05, 0.1) is 17.2 Å². The topological polar surface area (TPSA) is 96.1 Å². The fraction of sp³-hybridized carbons (Fsp3) is 0.407. The third kappa shape index (κ3) is 4.41. The highest BCUT2D eigenvalue weighted by atomic mass is 16.8. The summed E-state index contributed by atoms with van der Waals surface area (Å²) in [6, 6.07) is 9.98. The lowest BCUT2D eigenvalue weighted by Crippen LogP contribution is -2.34. The van der Waals surface area contributed by atoms with Gasteiger partial charge in [0.25, 0.3) is 0 Å². The maximum absolute atomic E-state index is 6.53. The number of aryl methyl sites for hydroxylation is 1. The summed E-state index contributed by atoms with van der Waals surface area (Å²) in [7, 11) is 3.83. The van der Waals surface area contributed by atoms with E-state index in [1.807, 2.05) is 74.8 Å². The van der Waals surface area contributed by atoms with Crippen molar-refractivity contribution in [1.82, 2.24) is 24.4 Å². The Balaban J connectivity index is 1.28. The van der Waals surface area contributed by atoms with Crippen molar-refractivity contribution in [1.29, 1.82) is 0 Å². The lowest BCUT2D eigenvalue weighted by atomic mass is 10.1. The van der Waals surface area contributed by atoms with Gasteiger partial charge in [-0.05, 0) is 44.5 Å². The van der Waals surface area contributed by atoms with E-state index in [0.29, 0.717) is 12.4 Å². The van der Waals surface area contributed by atoms with Gasteiger partial charge in [0.2, 0.25) is 0 Å². The molecule has 0 bridgehead atoms. The second-order valence-electron chi connectivity index (χ2n) is 10.1. The van der Waals surface area contributed by atoms with Crippen molar-refractivity contribution in [2.24, 2.45) is 4.99 Å². The van der Waals surface area contributed by atoms with E-state index in [1.165, 1.54) is 6.33 Å². The van der Waals surface area contributed by atoms with Crippen LogP contribution < -0.4 is 4.74 Å². The molecule has 0 N–H and O–H groups in total. The Kier molecular flexibility index (Phi) is 5.82. The first-order chi connectivity index (χ1) is 17.8. The smallest absolute Gasteiger partial charge is 0.166 e. The number of aromatic nitrogens is 4. The summed E-state index contributed by atoms with van der Waals surface area (Å²) in [5.74, 6) is 0.629. The number of ether oxygens (including phenoxy) is 4. The number of nitrogens with zero attached hydrogens (tertiary/aromatic N) is 6. The minimum absolute atomic E-state index is 0.301. The van der Waals surface area contributed by atoms with Crippen molar-refractivity contribution >= 4 is 34.1 Å². The van der Waals surface area contributed by atoms with Gasteiger partial charge in [-0.15, -0.1) is 0 Å². The van der Waals surface area contributed by atoms with Gasteiger partial charge in [-0.25, -0.2) is 15.0 Å². The molecule has 0 amide bonds. The van der Waals surface area contributed by atoms with E-state index in [4.69, 9.17) is 18.9 Å². The van der Waals surface area contributed by atoms with Crippen molar-refractivity contribution in [3.63, 3.8) is 0 Å². The summed E-state index contributed by atoms with van der Waals surface area (Å²) in [5.41, 5.74) is 2.64. The average Bonchev–Trinajstić information content (AvgIpc) is 3.52. The molecule has 5 heterocycles. The summed E-state index contributed by atoms with van der Waals surface area (Å²) < 4.78 is 27.4. The number of benzene rings is 1. The van der Waals surface area contributed by atoms with Gasteiger partial charge in [-0.2, -0.15) is 0 Å². The maximum atomic E-state index is 6.53. The van der Waals surface area contributed by atoms with Crippen LogP contribution in [0.2, 0.25) is 0 Å². The Morgan fingerprint density at radius 3 is 2.81 bits per heavy atom. The van der Waals surface area contributed by atoms with E-state index in [-0.39, 0.29) is 18.3 Å². The molecular weight excluding hydrogens is 472 g/mol. The number of hydrogen-bond acceptors (Lipinski definition) is 8. The third-order valence-electron chi connectivity index (χ3n) is 6.60. The summed E-state index contributed by atoms with van der Waals surface area (Å²) in [6.45, 7) is 6.18. The average molecular weight is 503 g/mol. The van der Waals surface area contributed by atoms with Gasteiger partial charge in [-0.1, -0.05) is 6.07 Å². The molecule has 2 saturated heterocycles. The van der Waals surface area contributed by atoms with E-state index >= 15 is 0 Å². The van der Waals surface area contributed by atoms with Crippen molar-refractivity contribution in [2.45, 2.75) is 51.1 Å². The van der Waals surface area contributed by atoms with Crippen molar-refractivity contribution in [2.75, 3.05) is 20.7 Å². The molecule has 6 rings (SSSR count). The standard InChI is InChI=1S/C27H30N6O4/c1-16-11-17-7-6-9-28-19(17)12-20(16)34-13-21-22-23(37-27(2,3)36-22)26(35-21)33-10-8-18-24(31-15-32(4)5)29-14-30-25(18)33/h6-12,14-15,21-23,26H,13H2,1-5H3/b31-15+/t21-,22-,23-,26-/m1/s1. The summed E-state index contributed by atoms with van der Waals surface area (Å²) in [5, 5.41) is 1.91. The lowest BCUT2D eigenvalue weighted by Gasteiger charge is -2.25. The van der Waals surface area contributed by atoms with Crippen LogP contribution in [0, 0.1) is 6.92 Å². The Hall–Kier alpha value is -3.60. The van der Waals surface area contributed by atoms with Gasteiger partial charge in [0, 0.05) is 37.9 Å². The molecule has 2 fully saturated rings. The van der Waals surface area contributed by atoms with Crippen LogP contribution in [0.3, 0.4) is 0 Å². The molecule has 0 saturated carbocycles. The van der Waals surface area contributed by atoms with Crippen LogP contribution in [0.25, 0.3) is 21.9 Å². The van der Waals surface area contributed by atoms with Crippen molar-refractivity contribution in [3.8, 4) is 5.75 Å². The number of pyridine rings is 1. The highest BCUT2D eigenvalue weighted by molar-refractivity contribution is 5.87. The molecule has 0 unspecified atom stereocenters.